The Morgan fingerprint density at radius 1 is 0.914 bits per heavy atom. The van der Waals surface area contributed by atoms with Gasteiger partial charge in [0.25, 0.3) is 0 Å². The van der Waals surface area contributed by atoms with Crippen LogP contribution in [0.5, 0.6) is 0 Å². The van der Waals surface area contributed by atoms with E-state index in [1.165, 1.54) is 57.1 Å². The minimum atomic E-state index is -0.309. The third kappa shape index (κ3) is 3.29. The Bertz CT molecular complexity index is 1000. The van der Waals surface area contributed by atoms with Crippen LogP contribution in [0.4, 0.5) is 5.69 Å². The number of nitrogens with zero attached hydrogens (tertiary/aromatic N) is 1. The molecule has 7 rings (SSSR count). The maximum Gasteiger partial charge on any atom is 0.168 e. The fourth-order valence-corrected chi connectivity index (χ4v) is 10.6. The van der Waals surface area contributed by atoms with E-state index in [1.807, 2.05) is 0 Å². The highest BCUT2D eigenvalue weighted by Gasteiger charge is 2.66. The lowest BCUT2D eigenvalue weighted by atomic mass is 9.38. The SMILES string of the molecule is CN(C)c1ccc2c(c1)C[C@]13CCC4(C[C@@H]1CC[C@@H]1C3C2C[C@]2(C)CCC[C@@H]12)OCC(C)(C)CO4. The molecule has 35 heavy (non-hydrogen) atoms. The van der Waals surface area contributed by atoms with Crippen molar-refractivity contribution >= 4 is 5.69 Å². The van der Waals surface area contributed by atoms with Crippen LogP contribution in [0, 0.1) is 39.9 Å². The van der Waals surface area contributed by atoms with Gasteiger partial charge < -0.3 is 14.4 Å². The van der Waals surface area contributed by atoms with Crippen molar-refractivity contribution in [3.63, 3.8) is 0 Å². The largest absolute Gasteiger partial charge is 0.378 e. The normalized spacial score (nSPS) is 44.7. The molecule has 3 nitrogen and oxygen atoms in total. The van der Waals surface area contributed by atoms with E-state index >= 15 is 0 Å². The molecular weight excluding hydrogens is 430 g/mol. The zero-order valence-corrected chi connectivity index (χ0v) is 22.9. The zero-order valence-electron chi connectivity index (χ0n) is 22.9. The first-order valence-corrected chi connectivity index (χ1v) is 14.7. The Balaban J connectivity index is 1.30. The second-order valence-electron chi connectivity index (χ2n) is 15.0. The monoisotopic (exact) mass is 477 g/mol. The molecule has 1 saturated heterocycles. The van der Waals surface area contributed by atoms with Crippen molar-refractivity contribution in [1.82, 2.24) is 0 Å². The number of fused-ring (bicyclic) bond motifs is 4. The summed E-state index contributed by atoms with van der Waals surface area (Å²) < 4.78 is 13.2. The van der Waals surface area contributed by atoms with Crippen LogP contribution in [0.15, 0.2) is 18.2 Å². The van der Waals surface area contributed by atoms with Gasteiger partial charge >= 0.3 is 0 Å². The molecule has 5 aliphatic carbocycles. The summed E-state index contributed by atoms with van der Waals surface area (Å²) in [5, 5.41) is 0. The Kier molecular flexibility index (Phi) is 4.95. The zero-order chi connectivity index (χ0) is 24.2. The molecule has 1 aromatic carbocycles. The standard InChI is InChI=1S/C32H47NO2/c1-29(2)19-34-32(35-20-29)14-13-31-16-21-15-23(33(4)5)9-11-24(21)26-18-30(3)12-6-7-27(30)25(28(26)31)10-8-22(31)17-32/h9,11,15,22,25-28H,6-8,10,12-14,16-20H2,1-5H3/t22-,25-,26?,27-,28?,30-,31+/m0/s1. The first kappa shape index (κ1) is 23.1. The summed E-state index contributed by atoms with van der Waals surface area (Å²) in [6, 6.07) is 7.50. The van der Waals surface area contributed by atoms with Gasteiger partial charge in [-0.25, -0.2) is 0 Å². The lowest BCUT2D eigenvalue weighted by Crippen LogP contribution is -2.62. The molecule has 7 atom stereocenters. The van der Waals surface area contributed by atoms with Crippen molar-refractivity contribution in [3.05, 3.63) is 29.3 Å². The van der Waals surface area contributed by atoms with Crippen LogP contribution in [0.3, 0.4) is 0 Å². The summed E-state index contributed by atoms with van der Waals surface area (Å²) in [6.07, 6.45) is 13.5. The van der Waals surface area contributed by atoms with Crippen LogP contribution >= 0.6 is 0 Å². The molecular formula is C32H47NO2. The molecule has 1 aliphatic heterocycles. The summed E-state index contributed by atoms with van der Waals surface area (Å²) in [6.45, 7) is 8.92. The predicted octanol–water partition coefficient (Wildman–Crippen LogP) is 7.18. The van der Waals surface area contributed by atoms with Gasteiger partial charge in [-0.2, -0.15) is 0 Å². The van der Waals surface area contributed by atoms with E-state index in [9.17, 15) is 0 Å². The van der Waals surface area contributed by atoms with Gasteiger partial charge in [-0.3, -0.25) is 0 Å². The van der Waals surface area contributed by atoms with E-state index in [2.05, 4.69) is 58.0 Å². The maximum absolute atomic E-state index is 6.62. The first-order valence-electron chi connectivity index (χ1n) is 14.7. The van der Waals surface area contributed by atoms with Crippen LogP contribution in [-0.2, 0) is 15.9 Å². The fourth-order valence-electron chi connectivity index (χ4n) is 10.6. The molecule has 4 saturated carbocycles. The van der Waals surface area contributed by atoms with E-state index < -0.39 is 0 Å². The lowest BCUT2D eigenvalue weighted by molar-refractivity contribution is -0.332. The molecule has 0 radical (unpaired) electrons. The van der Waals surface area contributed by atoms with Crippen LogP contribution in [0.1, 0.15) is 95.6 Å². The van der Waals surface area contributed by atoms with Crippen LogP contribution in [0.2, 0.25) is 0 Å². The van der Waals surface area contributed by atoms with Crippen molar-refractivity contribution in [2.75, 3.05) is 32.2 Å². The molecule has 0 aromatic heterocycles. The molecule has 0 N–H and O–H groups in total. The summed E-state index contributed by atoms with van der Waals surface area (Å²) in [7, 11) is 4.39. The second-order valence-corrected chi connectivity index (χ2v) is 15.0. The summed E-state index contributed by atoms with van der Waals surface area (Å²) in [4.78, 5) is 2.29. The summed E-state index contributed by atoms with van der Waals surface area (Å²) in [5.74, 6) is 3.94. The summed E-state index contributed by atoms with van der Waals surface area (Å²) in [5.41, 5.74) is 5.91. The van der Waals surface area contributed by atoms with Gasteiger partial charge in [-0.1, -0.05) is 33.3 Å². The quantitative estimate of drug-likeness (QED) is 0.427. The third-order valence-corrected chi connectivity index (χ3v) is 12.1. The Morgan fingerprint density at radius 2 is 1.71 bits per heavy atom. The van der Waals surface area contributed by atoms with Gasteiger partial charge in [-0.05, 0) is 109 Å². The topological polar surface area (TPSA) is 21.7 Å². The Hall–Kier alpha value is -1.06. The highest BCUT2D eigenvalue weighted by Crippen LogP contribution is 2.73. The van der Waals surface area contributed by atoms with Gasteiger partial charge in [0.05, 0.1) is 13.2 Å². The van der Waals surface area contributed by atoms with E-state index in [4.69, 9.17) is 9.47 Å². The first-order chi connectivity index (χ1) is 16.6. The Morgan fingerprint density at radius 3 is 2.49 bits per heavy atom. The minimum absolute atomic E-state index is 0.145. The molecule has 6 aliphatic rings. The van der Waals surface area contributed by atoms with Gasteiger partial charge in [0.1, 0.15) is 0 Å². The summed E-state index contributed by atoms with van der Waals surface area (Å²) >= 11 is 0. The van der Waals surface area contributed by atoms with E-state index in [1.54, 1.807) is 11.1 Å². The highest BCUT2D eigenvalue weighted by atomic mass is 16.7. The van der Waals surface area contributed by atoms with Gasteiger partial charge in [0.15, 0.2) is 5.79 Å². The van der Waals surface area contributed by atoms with Crippen molar-refractivity contribution in [2.24, 2.45) is 39.9 Å². The van der Waals surface area contributed by atoms with E-state index in [0.717, 1.165) is 55.6 Å². The fraction of sp³-hybridized carbons (Fsp3) is 0.812. The molecule has 192 valence electrons. The van der Waals surface area contributed by atoms with Crippen LogP contribution < -0.4 is 4.90 Å². The number of anilines is 1. The average molecular weight is 478 g/mol. The second kappa shape index (κ2) is 7.50. The number of benzene rings is 1. The molecule has 2 unspecified atom stereocenters. The molecule has 2 spiro atoms. The van der Waals surface area contributed by atoms with Crippen molar-refractivity contribution < 1.29 is 9.47 Å². The smallest absolute Gasteiger partial charge is 0.168 e. The van der Waals surface area contributed by atoms with Crippen molar-refractivity contribution in [2.45, 2.75) is 96.7 Å². The third-order valence-electron chi connectivity index (χ3n) is 12.1. The van der Waals surface area contributed by atoms with Gasteiger partial charge in [-0.15, -0.1) is 0 Å². The van der Waals surface area contributed by atoms with E-state index in [-0.39, 0.29) is 11.2 Å². The van der Waals surface area contributed by atoms with E-state index in [0.29, 0.717) is 10.8 Å². The Labute approximate surface area is 213 Å². The van der Waals surface area contributed by atoms with Crippen LogP contribution in [-0.4, -0.2) is 33.1 Å². The lowest BCUT2D eigenvalue weighted by Gasteiger charge is -2.67. The molecule has 1 heterocycles. The minimum Gasteiger partial charge on any atom is -0.378 e. The average Bonchev–Trinajstić information content (AvgIpc) is 3.22. The van der Waals surface area contributed by atoms with Gasteiger partial charge in [0, 0.05) is 38.0 Å². The number of hydrogen-bond acceptors (Lipinski definition) is 3. The molecule has 0 amide bonds. The molecule has 3 heteroatoms. The van der Waals surface area contributed by atoms with Gasteiger partial charge in [0.2, 0.25) is 0 Å². The number of rotatable bonds is 1. The van der Waals surface area contributed by atoms with Crippen molar-refractivity contribution in [1.29, 1.82) is 0 Å². The number of hydrogen-bond donors (Lipinski definition) is 0. The molecule has 5 fully saturated rings. The van der Waals surface area contributed by atoms with Crippen molar-refractivity contribution in [3.8, 4) is 0 Å². The highest BCUT2D eigenvalue weighted by molar-refractivity contribution is 5.53. The van der Waals surface area contributed by atoms with Crippen LogP contribution in [0.25, 0.3) is 0 Å². The maximum atomic E-state index is 6.62. The number of ether oxygens (including phenoxy) is 2. The predicted molar refractivity (Wildman–Crippen MR) is 142 cm³/mol. The molecule has 0 bridgehead atoms. The molecule has 1 aromatic rings.